The summed E-state index contributed by atoms with van der Waals surface area (Å²) in [6.45, 7) is 0. The maximum Gasteiger partial charge on any atom is 0.0713 e. The molecule has 0 bridgehead atoms. The van der Waals surface area contributed by atoms with E-state index in [0.29, 0.717) is 0 Å². The molecular weight excluding hydrogens is 555 g/mol. The molecule has 0 fully saturated rings. The monoisotopic (exact) mass is 585 g/mol. The summed E-state index contributed by atoms with van der Waals surface area (Å²) < 4.78 is 0. The van der Waals surface area contributed by atoms with Gasteiger partial charge in [0.2, 0.25) is 0 Å². The van der Waals surface area contributed by atoms with Gasteiger partial charge in [-0.1, -0.05) is 158 Å². The van der Waals surface area contributed by atoms with E-state index in [-0.39, 0.29) is 0 Å². The topological polar surface area (TPSA) is 3.24 Å². The zero-order valence-electron chi connectivity index (χ0n) is 25.3. The van der Waals surface area contributed by atoms with Gasteiger partial charge in [-0.25, -0.2) is 0 Å². The maximum absolute atomic E-state index is 2.41. The van der Waals surface area contributed by atoms with Crippen LogP contribution in [0.3, 0.4) is 0 Å². The summed E-state index contributed by atoms with van der Waals surface area (Å²) in [7, 11) is 0. The molecule has 1 aliphatic rings. The van der Waals surface area contributed by atoms with Crippen LogP contribution in [0.5, 0.6) is 0 Å². The van der Waals surface area contributed by atoms with Crippen LogP contribution in [0.4, 0.5) is 17.1 Å². The molecule has 0 atom stereocenters. The minimum atomic E-state index is -0.416. The molecule has 0 saturated heterocycles. The lowest BCUT2D eigenvalue weighted by molar-refractivity contribution is 0.768. The van der Waals surface area contributed by atoms with Crippen molar-refractivity contribution in [3.8, 4) is 11.1 Å². The molecule has 1 heteroatoms. The predicted molar refractivity (Wildman–Crippen MR) is 193 cm³/mol. The van der Waals surface area contributed by atoms with Gasteiger partial charge in [0.1, 0.15) is 0 Å². The average Bonchev–Trinajstić information content (AvgIpc) is 3.44. The molecule has 8 aromatic rings. The highest BCUT2D eigenvalue weighted by Crippen LogP contribution is 2.56. The molecule has 216 valence electrons. The number of para-hydroxylation sites is 1. The Balaban J connectivity index is 1.29. The first kappa shape index (κ1) is 26.5. The summed E-state index contributed by atoms with van der Waals surface area (Å²) in [6, 6.07) is 68.7. The number of fused-ring (bicyclic) bond motifs is 6. The fourth-order valence-electron chi connectivity index (χ4n) is 7.80. The van der Waals surface area contributed by atoms with Gasteiger partial charge in [-0.15, -0.1) is 0 Å². The third-order valence-electron chi connectivity index (χ3n) is 9.72. The van der Waals surface area contributed by atoms with Crippen molar-refractivity contribution in [3.05, 3.63) is 210 Å². The standard InChI is InChI=1S/C45H31N/c1-3-16-33(17-4-1)45(42-25-13-11-22-39(42)40-23-12-14-26-43(40)45)34-27-29-36(30-28-34)46(35-18-5-2-6-19-35)44-31-32-15-7-8-20-37(32)38-21-9-10-24-41(38)44/h1-31H. The van der Waals surface area contributed by atoms with Crippen LogP contribution >= 0.6 is 0 Å². The summed E-state index contributed by atoms with van der Waals surface area (Å²) in [4.78, 5) is 2.41. The first-order chi connectivity index (χ1) is 22.8. The van der Waals surface area contributed by atoms with Crippen molar-refractivity contribution < 1.29 is 0 Å². The van der Waals surface area contributed by atoms with E-state index < -0.39 is 5.41 Å². The summed E-state index contributed by atoms with van der Waals surface area (Å²) in [5.74, 6) is 0. The van der Waals surface area contributed by atoms with Gasteiger partial charge in [-0.05, 0) is 79.9 Å². The minimum absolute atomic E-state index is 0.416. The number of hydrogen-bond acceptors (Lipinski definition) is 1. The molecule has 0 unspecified atom stereocenters. The Kier molecular flexibility index (Phi) is 6.11. The molecule has 0 spiro atoms. The van der Waals surface area contributed by atoms with Crippen molar-refractivity contribution in [2.75, 3.05) is 4.90 Å². The van der Waals surface area contributed by atoms with Crippen molar-refractivity contribution in [2.45, 2.75) is 5.41 Å². The third-order valence-corrected chi connectivity index (χ3v) is 9.72. The molecule has 0 aliphatic heterocycles. The highest BCUT2D eigenvalue weighted by molar-refractivity contribution is 6.14. The van der Waals surface area contributed by atoms with Gasteiger partial charge in [0.05, 0.1) is 11.1 Å². The van der Waals surface area contributed by atoms with Crippen LogP contribution < -0.4 is 4.90 Å². The summed E-state index contributed by atoms with van der Waals surface area (Å²) in [5, 5.41) is 4.99. The Morgan fingerprint density at radius 1 is 0.348 bits per heavy atom. The fraction of sp³-hybridized carbons (Fsp3) is 0.0222. The molecule has 1 aliphatic carbocycles. The predicted octanol–water partition coefficient (Wildman–Crippen LogP) is 11.8. The van der Waals surface area contributed by atoms with E-state index in [0.717, 1.165) is 11.4 Å². The lowest BCUT2D eigenvalue weighted by atomic mass is 9.68. The number of nitrogens with zero attached hydrogens (tertiary/aromatic N) is 1. The fourth-order valence-corrected chi connectivity index (χ4v) is 7.80. The molecular formula is C45H31N. The molecule has 0 heterocycles. The Bertz CT molecular complexity index is 2310. The normalized spacial score (nSPS) is 13.0. The molecule has 0 radical (unpaired) electrons. The number of hydrogen-bond donors (Lipinski definition) is 0. The molecule has 46 heavy (non-hydrogen) atoms. The van der Waals surface area contributed by atoms with Gasteiger partial charge >= 0.3 is 0 Å². The maximum atomic E-state index is 2.41. The van der Waals surface area contributed by atoms with Crippen molar-refractivity contribution in [1.82, 2.24) is 0 Å². The van der Waals surface area contributed by atoms with Crippen LogP contribution in [-0.2, 0) is 5.41 Å². The Morgan fingerprint density at radius 3 is 1.50 bits per heavy atom. The molecule has 1 nitrogen and oxygen atoms in total. The van der Waals surface area contributed by atoms with Gasteiger partial charge < -0.3 is 4.90 Å². The molecule has 0 saturated carbocycles. The van der Waals surface area contributed by atoms with Gasteiger partial charge in [0.25, 0.3) is 0 Å². The van der Waals surface area contributed by atoms with E-state index in [4.69, 9.17) is 0 Å². The quantitative estimate of drug-likeness (QED) is 0.182. The van der Waals surface area contributed by atoms with E-state index in [1.807, 2.05) is 0 Å². The average molecular weight is 586 g/mol. The van der Waals surface area contributed by atoms with E-state index in [1.165, 1.54) is 60.6 Å². The SMILES string of the molecule is c1ccc(N(c2ccc(C3(c4ccccc4)c4ccccc4-c4ccccc43)cc2)c2cc3ccccc3c3ccccc23)cc1. The number of rotatable bonds is 5. The summed E-state index contributed by atoms with van der Waals surface area (Å²) in [5.41, 5.74) is 10.8. The van der Waals surface area contributed by atoms with E-state index in [1.54, 1.807) is 0 Å². The van der Waals surface area contributed by atoms with Crippen molar-refractivity contribution in [1.29, 1.82) is 0 Å². The first-order valence-corrected chi connectivity index (χ1v) is 16.0. The second-order valence-corrected chi connectivity index (χ2v) is 12.1. The minimum Gasteiger partial charge on any atom is -0.310 e. The molecule has 0 N–H and O–H groups in total. The van der Waals surface area contributed by atoms with Crippen LogP contribution in [0, 0.1) is 0 Å². The molecule has 0 amide bonds. The van der Waals surface area contributed by atoms with Gasteiger partial charge in [0, 0.05) is 16.8 Å². The molecule has 0 aromatic heterocycles. The number of benzene rings is 8. The lowest BCUT2D eigenvalue weighted by Crippen LogP contribution is -2.28. The van der Waals surface area contributed by atoms with Crippen LogP contribution in [-0.4, -0.2) is 0 Å². The highest BCUT2D eigenvalue weighted by Gasteiger charge is 2.45. The van der Waals surface area contributed by atoms with Gasteiger partial charge in [-0.3, -0.25) is 0 Å². The molecule has 8 aromatic carbocycles. The van der Waals surface area contributed by atoms with Crippen molar-refractivity contribution in [3.63, 3.8) is 0 Å². The second kappa shape index (κ2) is 10.6. The zero-order chi connectivity index (χ0) is 30.5. The van der Waals surface area contributed by atoms with Gasteiger partial charge in [-0.2, -0.15) is 0 Å². The van der Waals surface area contributed by atoms with Crippen molar-refractivity contribution >= 4 is 38.6 Å². The molecule has 9 rings (SSSR count). The second-order valence-electron chi connectivity index (χ2n) is 12.1. The van der Waals surface area contributed by atoms with Crippen LogP contribution in [0.1, 0.15) is 22.3 Å². The Labute approximate surface area is 269 Å². The largest absolute Gasteiger partial charge is 0.310 e. The van der Waals surface area contributed by atoms with Gasteiger partial charge in [0.15, 0.2) is 0 Å². The van der Waals surface area contributed by atoms with Crippen LogP contribution in [0.2, 0.25) is 0 Å². The third kappa shape index (κ3) is 3.89. The van der Waals surface area contributed by atoms with E-state index in [9.17, 15) is 0 Å². The zero-order valence-corrected chi connectivity index (χ0v) is 25.3. The van der Waals surface area contributed by atoms with Crippen LogP contribution in [0.15, 0.2) is 188 Å². The first-order valence-electron chi connectivity index (χ1n) is 16.0. The lowest BCUT2D eigenvalue weighted by Gasteiger charge is -2.34. The Hall–Kier alpha value is -5.92. The summed E-state index contributed by atoms with van der Waals surface area (Å²) >= 11 is 0. The number of anilines is 3. The van der Waals surface area contributed by atoms with Crippen molar-refractivity contribution in [2.24, 2.45) is 0 Å². The Morgan fingerprint density at radius 2 is 0.826 bits per heavy atom. The van der Waals surface area contributed by atoms with E-state index in [2.05, 4.69) is 193 Å². The van der Waals surface area contributed by atoms with Crippen LogP contribution in [0.25, 0.3) is 32.7 Å². The van der Waals surface area contributed by atoms with E-state index >= 15 is 0 Å². The highest BCUT2D eigenvalue weighted by atomic mass is 15.1. The summed E-state index contributed by atoms with van der Waals surface area (Å²) in [6.07, 6.45) is 0. The smallest absolute Gasteiger partial charge is 0.0713 e.